The first-order valence-electron chi connectivity index (χ1n) is 7.02. The van der Waals surface area contributed by atoms with Crippen LogP contribution in [0.4, 0.5) is 5.69 Å². The molecule has 1 fully saturated rings. The van der Waals surface area contributed by atoms with Gasteiger partial charge in [-0.1, -0.05) is 26.0 Å². The highest BCUT2D eigenvalue weighted by atomic mass is 16.4. The van der Waals surface area contributed by atoms with Crippen molar-refractivity contribution in [1.82, 2.24) is 0 Å². The van der Waals surface area contributed by atoms with E-state index in [9.17, 15) is 9.59 Å². The van der Waals surface area contributed by atoms with Gasteiger partial charge in [-0.3, -0.25) is 9.59 Å². The third-order valence-corrected chi connectivity index (χ3v) is 4.19. The van der Waals surface area contributed by atoms with Gasteiger partial charge in [0, 0.05) is 12.7 Å². The zero-order chi connectivity index (χ0) is 14.9. The van der Waals surface area contributed by atoms with Gasteiger partial charge in [0.15, 0.2) is 0 Å². The molecule has 0 spiro atoms. The van der Waals surface area contributed by atoms with Crippen LogP contribution in [0.3, 0.4) is 0 Å². The number of nitrogens with zero attached hydrogens (tertiary/aromatic N) is 1. The number of anilines is 1. The lowest BCUT2D eigenvalue weighted by atomic mass is 9.73. The number of benzene rings is 1. The fourth-order valence-corrected chi connectivity index (χ4v) is 2.55. The Morgan fingerprint density at radius 3 is 2.10 bits per heavy atom. The Morgan fingerprint density at radius 2 is 1.70 bits per heavy atom. The summed E-state index contributed by atoms with van der Waals surface area (Å²) in [6, 6.07) is 7.86. The molecule has 1 aromatic rings. The molecule has 0 bridgehead atoms. The molecule has 1 amide bonds. The first-order valence-corrected chi connectivity index (χ1v) is 7.02. The maximum absolute atomic E-state index is 12.3. The standard InChI is InChI=1S/C16H21NO3/c1-10(2)11-4-6-12(7-5-11)17(3)15(18)13-8-9-14(13)16(19)20/h4-7,10,13-14H,8-9H2,1-3H3,(H,19,20). The van der Waals surface area contributed by atoms with Crippen LogP contribution < -0.4 is 4.90 Å². The molecule has 1 aliphatic rings. The van der Waals surface area contributed by atoms with Crippen molar-refractivity contribution in [2.75, 3.05) is 11.9 Å². The average molecular weight is 275 g/mol. The Hall–Kier alpha value is -1.84. The molecule has 4 heteroatoms. The van der Waals surface area contributed by atoms with Crippen molar-refractivity contribution in [3.63, 3.8) is 0 Å². The third kappa shape index (κ3) is 2.69. The fourth-order valence-electron chi connectivity index (χ4n) is 2.55. The summed E-state index contributed by atoms with van der Waals surface area (Å²) in [7, 11) is 1.71. The number of hydrogen-bond acceptors (Lipinski definition) is 2. The van der Waals surface area contributed by atoms with Crippen LogP contribution >= 0.6 is 0 Å². The van der Waals surface area contributed by atoms with Gasteiger partial charge < -0.3 is 10.0 Å². The Labute approximate surface area is 119 Å². The largest absolute Gasteiger partial charge is 0.481 e. The van der Waals surface area contributed by atoms with Crippen molar-refractivity contribution in [3.8, 4) is 0 Å². The topological polar surface area (TPSA) is 57.6 Å². The molecule has 20 heavy (non-hydrogen) atoms. The van der Waals surface area contributed by atoms with Crippen LogP contribution in [0.5, 0.6) is 0 Å². The van der Waals surface area contributed by atoms with E-state index < -0.39 is 11.9 Å². The van der Waals surface area contributed by atoms with Crippen LogP contribution in [0.25, 0.3) is 0 Å². The minimum absolute atomic E-state index is 0.0963. The summed E-state index contributed by atoms with van der Waals surface area (Å²) in [5, 5.41) is 9.03. The van der Waals surface area contributed by atoms with Crippen LogP contribution in [0.15, 0.2) is 24.3 Å². The molecule has 4 nitrogen and oxygen atoms in total. The molecule has 2 unspecified atom stereocenters. The smallest absolute Gasteiger partial charge is 0.307 e. The second kappa shape index (κ2) is 5.65. The fraction of sp³-hybridized carbons (Fsp3) is 0.500. The van der Waals surface area contributed by atoms with Gasteiger partial charge in [-0.05, 0) is 36.5 Å². The van der Waals surface area contributed by atoms with Crippen LogP contribution in [0.1, 0.15) is 38.2 Å². The number of carbonyl (C=O) groups excluding carboxylic acids is 1. The number of carboxylic acid groups (broad SMARTS) is 1. The zero-order valence-electron chi connectivity index (χ0n) is 12.2. The maximum Gasteiger partial charge on any atom is 0.307 e. The maximum atomic E-state index is 12.3. The Kier molecular flexibility index (Phi) is 4.12. The lowest BCUT2D eigenvalue weighted by Crippen LogP contribution is -2.44. The molecule has 0 aliphatic heterocycles. The van der Waals surface area contributed by atoms with Gasteiger partial charge in [-0.2, -0.15) is 0 Å². The van der Waals surface area contributed by atoms with Crippen LogP contribution in [-0.4, -0.2) is 24.0 Å². The lowest BCUT2D eigenvalue weighted by Gasteiger charge is -2.35. The molecule has 108 valence electrons. The zero-order valence-corrected chi connectivity index (χ0v) is 12.2. The van der Waals surface area contributed by atoms with Crippen molar-refractivity contribution in [1.29, 1.82) is 0 Å². The van der Waals surface area contributed by atoms with Gasteiger partial charge in [0.25, 0.3) is 0 Å². The highest BCUT2D eigenvalue weighted by molar-refractivity contribution is 5.97. The van der Waals surface area contributed by atoms with E-state index >= 15 is 0 Å². The summed E-state index contributed by atoms with van der Waals surface area (Å²) in [6.07, 6.45) is 1.27. The predicted molar refractivity (Wildman–Crippen MR) is 77.8 cm³/mol. The second-order valence-corrected chi connectivity index (χ2v) is 5.77. The molecule has 1 aromatic carbocycles. The molecule has 0 heterocycles. The van der Waals surface area contributed by atoms with Gasteiger partial charge >= 0.3 is 5.97 Å². The molecule has 0 radical (unpaired) electrons. The van der Waals surface area contributed by atoms with Crippen molar-refractivity contribution in [2.24, 2.45) is 11.8 Å². The van der Waals surface area contributed by atoms with Crippen LogP contribution in [0, 0.1) is 11.8 Å². The van der Waals surface area contributed by atoms with E-state index in [1.165, 1.54) is 5.56 Å². The van der Waals surface area contributed by atoms with E-state index in [0.717, 1.165) is 5.69 Å². The summed E-state index contributed by atoms with van der Waals surface area (Å²) in [5.74, 6) is -1.39. The van der Waals surface area contributed by atoms with Gasteiger partial charge in [-0.25, -0.2) is 0 Å². The first-order chi connectivity index (χ1) is 9.41. The minimum atomic E-state index is -0.863. The molecule has 1 N–H and O–H groups in total. The van der Waals surface area contributed by atoms with Gasteiger partial charge in [0.2, 0.25) is 5.91 Å². The Balaban J connectivity index is 2.09. The molecular formula is C16H21NO3. The van der Waals surface area contributed by atoms with Crippen molar-refractivity contribution < 1.29 is 14.7 Å². The molecule has 1 aliphatic carbocycles. The number of carboxylic acids is 1. The van der Waals surface area contributed by atoms with Crippen molar-refractivity contribution in [2.45, 2.75) is 32.6 Å². The Morgan fingerprint density at radius 1 is 1.15 bits per heavy atom. The third-order valence-electron chi connectivity index (χ3n) is 4.19. The van der Waals surface area contributed by atoms with E-state index in [-0.39, 0.29) is 11.8 Å². The SMILES string of the molecule is CC(C)c1ccc(N(C)C(=O)C2CCC2C(=O)O)cc1. The molecule has 0 saturated heterocycles. The van der Waals surface area contributed by atoms with E-state index in [2.05, 4.69) is 13.8 Å². The molecule has 2 rings (SSSR count). The molecule has 0 aromatic heterocycles. The summed E-state index contributed by atoms with van der Waals surface area (Å²) >= 11 is 0. The first kappa shape index (κ1) is 14.6. The number of hydrogen-bond donors (Lipinski definition) is 1. The minimum Gasteiger partial charge on any atom is -0.481 e. The predicted octanol–water partition coefficient (Wildman–Crippen LogP) is 2.88. The van der Waals surface area contributed by atoms with Crippen molar-refractivity contribution in [3.05, 3.63) is 29.8 Å². The summed E-state index contributed by atoms with van der Waals surface area (Å²) < 4.78 is 0. The van der Waals surface area contributed by atoms with Crippen molar-refractivity contribution >= 4 is 17.6 Å². The summed E-state index contributed by atoms with van der Waals surface area (Å²) in [5.41, 5.74) is 2.04. The van der Waals surface area contributed by atoms with E-state index in [1.807, 2.05) is 24.3 Å². The number of aliphatic carboxylic acids is 1. The van der Waals surface area contributed by atoms with E-state index in [4.69, 9.17) is 5.11 Å². The summed E-state index contributed by atoms with van der Waals surface area (Å²) in [4.78, 5) is 24.9. The Bertz CT molecular complexity index is 507. The monoisotopic (exact) mass is 275 g/mol. The van der Waals surface area contributed by atoms with Gasteiger partial charge in [0.1, 0.15) is 0 Å². The molecule has 2 atom stereocenters. The second-order valence-electron chi connectivity index (χ2n) is 5.77. The van der Waals surface area contributed by atoms with Gasteiger partial charge in [0.05, 0.1) is 11.8 Å². The highest BCUT2D eigenvalue weighted by Crippen LogP contribution is 2.36. The average Bonchev–Trinajstić information content (AvgIpc) is 2.35. The lowest BCUT2D eigenvalue weighted by molar-refractivity contribution is -0.151. The quantitative estimate of drug-likeness (QED) is 0.919. The van der Waals surface area contributed by atoms with Gasteiger partial charge in [-0.15, -0.1) is 0 Å². The highest BCUT2D eigenvalue weighted by Gasteiger charge is 2.42. The number of carbonyl (C=O) groups is 2. The van der Waals surface area contributed by atoms with Crippen LogP contribution in [0.2, 0.25) is 0 Å². The normalized spacial score (nSPS) is 21.4. The number of rotatable bonds is 4. The van der Waals surface area contributed by atoms with Crippen LogP contribution in [-0.2, 0) is 9.59 Å². The van der Waals surface area contributed by atoms with E-state index in [0.29, 0.717) is 18.8 Å². The summed E-state index contributed by atoms with van der Waals surface area (Å²) in [6.45, 7) is 4.24. The van der Waals surface area contributed by atoms with E-state index in [1.54, 1.807) is 11.9 Å². The number of amides is 1. The molecule has 1 saturated carbocycles. The molecular weight excluding hydrogens is 254 g/mol.